The molecule has 4 N–H and O–H groups in total. The lowest BCUT2D eigenvalue weighted by Gasteiger charge is -2.21. The summed E-state index contributed by atoms with van der Waals surface area (Å²) in [7, 11) is -9.80. The molecule has 95 heavy (non-hydrogen) atoms. The molecule has 16 nitrogen and oxygen atoms in total. The van der Waals surface area contributed by atoms with Crippen LogP contribution in [0.2, 0.25) is 0 Å². The highest BCUT2D eigenvalue weighted by atomic mass is 31.2. The van der Waals surface area contributed by atoms with Crippen molar-refractivity contribution in [2.45, 2.75) is 309 Å². The molecule has 0 saturated carbocycles. The van der Waals surface area contributed by atoms with E-state index in [2.05, 4.69) is 124 Å². The van der Waals surface area contributed by atoms with E-state index in [9.17, 15) is 43.5 Å². The Labute approximate surface area is 576 Å². The molecule has 0 rings (SSSR count). The summed E-state index contributed by atoms with van der Waals surface area (Å²) in [6.07, 6.45) is 81.3. The van der Waals surface area contributed by atoms with Gasteiger partial charge in [-0.3, -0.25) is 32.5 Å². The number of ether oxygens (including phenoxy) is 3. The number of allylic oxidation sites excluding steroid dienone is 20. The Morgan fingerprint density at radius 3 is 0.968 bits per heavy atom. The van der Waals surface area contributed by atoms with Gasteiger partial charge in [0.2, 0.25) is 0 Å². The fraction of sp³-hybridized carbons (Fsp3) is 0.701. The summed E-state index contributed by atoms with van der Waals surface area (Å²) >= 11 is 0. The molecule has 0 saturated heterocycles. The second-order valence-corrected chi connectivity index (χ2v) is 27.3. The van der Waals surface area contributed by atoms with E-state index in [1.807, 2.05) is 18.2 Å². The van der Waals surface area contributed by atoms with Gasteiger partial charge in [-0.05, 0) is 103 Å². The molecular formula is C77H132O16P2. The smallest absolute Gasteiger partial charge is 0.463 e. The summed E-state index contributed by atoms with van der Waals surface area (Å²) in [6.45, 7) is 2.45. The van der Waals surface area contributed by atoms with Gasteiger partial charge in [0, 0.05) is 19.3 Å². The Hall–Kier alpha value is -4.05. The topological polar surface area (TPSA) is 231 Å². The van der Waals surface area contributed by atoms with Gasteiger partial charge in [0.15, 0.2) is 6.10 Å². The van der Waals surface area contributed by atoms with Crippen molar-refractivity contribution in [3.05, 3.63) is 122 Å². The van der Waals surface area contributed by atoms with Gasteiger partial charge >= 0.3 is 33.6 Å². The van der Waals surface area contributed by atoms with Gasteiger partial charge < -0.3 is 34.2 Å². The second-order valence-electron chi connectivity index (χ2n) is 24.4. The number of aliphatic hydroxyl groups is 2. The van der Waals surface area contributed by atoms with Crippen molar-refractivity contribution in [3.8, 4) is 0 Å². The molecule has 0 aromatic carbocycles. The van der Waals surface area contributed by atoms with Gasteiger partial charge in [-0.2, -0.15) is 0 Å². The third-order valence-electron chi connectivity index (χ3n) is 15.2. The third-order valence-corrected chi connectivity index (χ3v) is 17.1. The first-order valence-corrected chi connectivity index (χ1v) is 39.8. The Bertz CT molecular complexity index is 2210. The van der Waals surface area contributed by atoms with E-state index in [0.717, 1.165) is 103 Å². The van der Waals surface area contributed by atoms with E-state index < -0.39 is 91.5 Å². The number of unbranched alkanes of at least 4 members (excludes halogenated alkanes) is 26. The SMILES string of the molecule is CC/C=C\C/C=C\C/C=C\C/C=C\C/C=C\C/C=C\CCC(=O)OCC(COP(=O)(O)OCC(O)COP(=O)(O)OCC(O)COC(=O)CCCCCCCCCCCCC/C=C\C/C=C\C/C=C\C/C=C\CCCCC)OC(=O)CCCCCCCCCCCCCCC. The quantitative estimate of drug-likeness (QED) is 0.0146. The average molecular weight is 1380 g/mol. The Morgan fingerprint density at radius 1 is 0.305 bits per heavy atom. The molecule has 0 fully saturated rings. The van der Waals surface area contributed by atoms with E-state index >= 15 is 0 Å². The van der Waals surface area contributed by atoms with Crippen molar-refractivity contribution >= 4 is 33.6 Å². The zero-order valence-corrected chi connectivity index (χ0v) is 61.1. The van der Waals surface area contributed by atoms with Crippen LogP contribution in [0.15, 0.2) is 122 Å². The van der Waals surface area contributed by atoms with Crippen LogP contribution in [0.5, 0.6) is 0 Å². The van der Waals surface area contributed by atoms with Crippen molar-refractivity contribution in [1.82, 2.24) is 0 Å². The van der Waals surface area contributed by atoms with Crippen LogP contribution in [0.3, 0.4) is 0 Å². The summed E-state index contributed by atoms with van der Waals surface area (Å²) in [5, 5.41) is 20.6. The van der Waals surface area contributed by atoms with E-state index in [-0.39, 0.29) is 19.3 Å². The number of rotatable bonds is 69. The molecule has 0 amide bonds. The van der Waals surface area contributed by atoms with Gasteiger partial charge in [-0.15, -0.1) is 0 Å². The fourth-order valence-electron chi connectivity index (χ4n) is 9.58. The predicted octanol–water partition coefficient (Wildman–Crippen LogP) is 21.0. The van der Waals surface area contributed by atoms with Gasteiger partial charge in [0.25, 0.3) is 0 Å². The predicted molar refractivity (Wildman–Crippen MR) is 390 cm³/mol. The maximum absolute atomic E-state index is 12.9. The summed E-state index contributed by atoms with van der Waals surface area (Å²) < 4.78 is 60.9. The summed E-state index contributed by atoms with van der Waals surface area (Å²) in [6, 6.07) is 0. The van der Waals surface area contributed by atoms with E-state index in [1.54, 1.807) is 0 Å². The molecular weight excluding hydrogens is 1240 g/mol. The van der Waals surface area contributed by atoms with Crippen LogP contribution >= 0.6 is 15.6 Å². The van der Waals surface area contributed by atoms with E-state index in [1.165, 1.54) is 122 Å². The minimum Gasteiger partial charge on any atom is -0.463 e. The first-order chi connectivity index (χ1) is 46.2. The first-order valence-electron chi connectivity index (χ1n) is 36.8. The van der Waals surface area contributed by atoms with Crippen molar-refractivity contribution in [1.29, 1.82) is 0 Å². The highest BCUT2D eigenvalue weighted by Crippen LogP contribution is 2.45. The number of hydrogen-bond donors (Lipinski definition) is 4. The number of esters is 3. The van der Waals surface area contributed by atoms with Crippen LogP contribution in [0.1, 0.15) is 290 Å². The highest BCUT2D eigenvalue weighted by Gasteiger charge is 2.29. The summed E-state index contributed by atoms with van der Waals surface area (Å²) in [5.74, 6) is -1.67. The molecule has 0 heterocycles. The zero-order valence-electron chi connectivity index (χ0n) is 59.3. The second kappa shape index (κ2) is 69.8. The molecule has 5 atom stereocenters. The Balaban J connectivity index is 4.57. The molecule has 0 spiro atoms. The van der Waals surface area contributed by atoms with Crippen LogP contribution in [0.4, 0.5) is 0 Å². The maximum atomic E-state index is 12.9. The third kappa shape index (κ3) is 71.1. The Kier molecular flexibility index (Phi) is 66.9. The van der Waals surface area contributed by atoms with Crippen LogP contribution in [0, 0.1) is 0 Å². The molecule has 0 aromatic heterocycles. The van der Waals surface area contributed by atoms with Gasteiger partial charge in [0.1, 0.15) is 25.4 Å². The van der Waals surface area contributed by atoms with Gasteiger partial charge in [-0.1, -0.05) is 290 Å². The van der Waals surface area contributed by atoms with Gasteiger partial charge in [-0.25, -0.2) is 9.13 Å². The first kappa shape index (κ1) is 91.0. The Morgan fingerprint density at radius 2 is 0.579 bits per heavy atom. The van der Waals surface area contributed by atoms with Crippen molar-refractivity contribution in [2.75, 3.05) is 39.6 Å². The van der Waals surface area contributed by atoms with Crippen LogP contribution < -0.4 is 0 Å². The summed E-state index contributed by atoms with van der Waals surface area (Å²) in [5.41, 5.74) is 0. The number of hydrogen-bond acceptors (Lipinski definition) is 14. The monoisotopic (exact) mass is 1370 g/mol. The minimum absolute atomic E-state index is 0.0447. The van der Waals surface area contributed by atoms with Crippen molar-refractivity contribution in [2.24, 2.45) is 0 Å². The van der Waals surface area contributed by atoms with Crippen LogP contribution in [-0.2, 0) is 55.8 Å². The van der Waals surface area contributed by atoms with E-state index in [4.69, 9.17) is 32.3 Å². The van der Waals surface area contributed by atoms with Crippen LogP contribution in [0.25, 0.3) is 0 Å². The fourth-order valence-corrected chi connectivity index (χ4v) is 11.2. The molecule has 0 bridgehead atoms. The zero-order chi connectivity index (χ0) is 69.5. The molecule has 546 valence electrons. The average Bonchev–Trinajstić information content (AvgIpc) is 2.12. The standard InChI is InChI=1S/C77H132O16P2/c1-4-7-10-13-16-19-22-25-27-29-31-32-33-34-35-36-37-38-40-42-43-46-48-51-54-57-60-63-75(80)87-66-72(78)67-89-94(83,84)90-68-73(79)69-91-95(85,86)92-71-74(93-77(82)65-62-59-56-53-50-45-24-21-18-15-12-9-6-3)70-88-76(81)64-61-58-55-52-49-47-44-41-39-30-28-26-23-20-17-14-11-8-5-2/h8,11,16-17,19-20,25-28,31-32,34-35,39,41,47,49,55,58,72-74,78-79H,4-7,9-10,12-15,18,21-24,29-30,33,36-38,40,42-46,48,50-54,56-57,59-71H2,1-3H3,(H,83,84)(H,85,86)/b11-8-,19-16-,20-17-,27-25-,28-26-,32-31-,35-34-,41-39-,49-47-,58-55-. The number of carbonyl (C=O) groups excluding carboxylic acids is 3. The van der Waals surface area contributed by atoms with Crippen molar-refractivity contribution < 1.29 is 75.8 Å². The maximum Gasteiger partial charge on any atom is 0.472 e. The van der Waals surface area contributed by atoms with Gasteiger partial charge in [0.05, 0.1) is 26.4 Å². The summed E-state index contributed by atoms with van der Waals surface area (Å²) in [4.78, 5) is 58.4. The van der Waals surface area contributed by atoms with E-state index in [0.29, 0.717) is 25.7 Å². The lowest BCUT2D eigenvalue weighted by Crippen LogP contribution is -2.30. The number of carbonyl (C=O) groups is 3. The lowest BCUT2D eigenvalue weighted by molar-refractivity contribution is -0.161. The lowest BCUT2D eigenvalue weighted by atomic mass is 10.0. The van der Waals surface area contributed by atoms with Crippen LogP contribution in [-0.4, -0.2) is 95.9 Å². The number of aliphatic hydroxyl groups excluding tert-OH is 2. The molecule has 5 unspecified atom stereocenters. The molecule has 0 aromatic rings. The largest absolute Gasteiger partial charge is 0.472 e. The minimum atomic E-state index is -4.94. The molecule has 0 aliphatic rings. The number of phosphoric ester groups is 2. The number of phosphoric acid groups is 2. The normalized spacial score (nSPS) is 14.8. The molecule has 0 radical (unpaired) electrons. The molecule has 0 aliphatic carbocycles. The molecule has 0 aliphatic heterocycles. The molecule has 18 heteroatoms. The highest BCUT2D eigenvalue weighted by molar-refractivity contribution is 7.47. The van der Waals surface area contributed by atoms with Crippen molar-refractivity contribution in [3.63, 3.8) is 0 Å².